The summed E-state index contributed by atoms with van der Waals surface area (Å²) in [6.45, 7) is 11.0. The first-order valence-corrected chi connectivity index (χ1v) is 14.2. The van der Waals surface area contributed by atoms with E-state index in [0.29, 0.717) is 33.8 Å². The molecule has 1 heterocycles. The van der Waals surface area contributed by atoms with Crippen LogP contribution in [0.2, 0.25) is 10.0 Å². The van der Waals surface area contributed by atoms with Gasteiger partial charge in [0, 0.05) is 11.6 Å². The van der Waals surface area contributed by atoms with Crippen molar-refractivity contribution in [3.05, 3.63) is 75.8 Å². The number of aromatic nitrogens is 2. The summed E-state index contributed by atoms with van der Waals surface area (Å²) in [6, 6.07) is 11.5. The molecule has 0 aliphatic rings. The molecule has 9 heteroatoms. The van der Waals surface area contributed by atoms with Gasteiger partial charge in [-0.2, -0.15) is 0 Å². The molecule has 3 rings (SSSR count). The fourth-order valence-corrected chi connectivity index (χ4v) is 4.40. The summed E-state index contributed by atoms with van der Waals surface area (Å²) in [6.07, 6.45) is 5.79. The van der Waals surface area contributed by atoms with Crippen molar-refractivity contribution in [2.75, 3.05) is 12.9 Å². The maximum Gasteiger partial charge on any atom is 0.236 e. The van der Waals surface area contributed by atoms with Gasteiger partial charge < -0.3 is 9.47 Å². The number of nitrogens with zero attached hydrogens (tertiary/aromatic N) is 2. The number of rotatable bonds is 10. The number of hydrogen-bond acceptors (Lipinski definition) is 5. The van der Waals surface area contributed by atoms with Crippen LogP contribution in [0.1, 0.15) is 64.3 Å². The van der Waals surface area contributed by atoms with Crippen molar-refractivity contribution in [3.63, 3.8) is 0 Å². The van der Waals surface area contributed by atoms with Crippen LogP contribution < -0.4 is 9.47 Å². The van der Waals surface area contributed by atoms with E-state index >= 15 is 0 Å². The van der Waals surface area contributed by atoms with Gasteiger partial charge in [0.1, 0.15) is 18.7 Å². The zero-order valence-corrected chi connectivity index (χ0v) is 23.5. The molecule has 0 bridgehead atoms. The van der Waals surface area contributed by atoms with Gasteiger partial charge in [-0.05, 0) is 41.8 Å². The van der Waals surface area contributed by atoms with E-state index in [2.05, 4.69) is 25.8 Å². The molecular weight excluding hydrogens is 507 g/mol. The molecule has 0 amide bonds. The lowest BCUT2D eigenvalue weighted by Gasteiger charge is -2.27. The van der Waals surface area contributed by atoms with Crippen LogP contribution in [0, 0.1) is 0 Å². The van der Waals surface area contributed by atoms with Crippen molar-refractivity contribution in [2.45, 2.75) is 59.5 Å². The van der Waals surface area contributed by atoms with Crippen LogP contribution in [0.15, 0.2) is 48.9 Å². The molecule has 35 heavy (non-hydrogen) atoms. The summed E-state index contributed by atoms with van der Waals surface area (Å²) in [5.41, 5.74) is 2.20. The van der Waals surface area contributed by atoms with Gasteiger partial charge in [-0.3, -0.25) is 0 Å². The predicted molar refractivity (Wildman–Crippen MR) is 144 cm³/mol. The van der Waals surface area contributed by atoms with Crippen molar-refractivity contribution in [2.24, 2.45) is 0 Å². The molecule has 2 aromatic carbocycles. The Morgan fingerprint density at radius 2 is 1.60 bits per heavy atom. The van der Waals surface area contributed by atoms with Gasteiger partial charge in [-0.25, -0.2) is 17.4 Å². The van der Waals surface area contributed by atoms with Crippen LogP contribution in [0.25, 0.3) is 0 Å². The molecule has 0 radical (unpaired) electrons. The Labute approximate surface area is 219 Å². The third kappa shape index (κ3) is 7.63. The third-order valence-corrected chi connectivity index (χ3v) is 6.95. The van der Waals surface area contributed by atoms with Crippen molar-refractivity contribution >= 4 is 33.2 Å². The van der Waals surface area contributed by atoms with Gasteiger partial charge >= 0.3 is 0 Å². The molecule has 192 valence electrons. The molecule has 0 saturated carbocycles. The van der Waals surface area contributed by atoms with Gasteiger partial charge in [-0.15, -0.1) is 0 Å². The molecule has 0 spiro atoms. The van der Waals surface area contributed by atoms with Crippen LogP contribution in [0.4, 0.5) is 0 Å². The van der Waals surface area contributed by atoms with E-state index in [1.54, 1.807) is 0 Å². The van der Waals surface area contributed by atoms with Crippen LogP contribution in [-0.4, -0.2) is 30.2 Å². The Hall–Kier alpha value is -2.22. The van der Waals surface area contributed by atoms with Crippen LogP contribution in [0.3, 0.4) is 0 Å². The summed E-state index contributed by atoms with van der Waals surface area (Å²) >= 11 is 13.0. The van der Waals surface area contributed by atoms with Gasteiger partial charge in [-0.1, -0.05) is 76.4 Å². The van der Waals surface area contributed by atoms with E-state index in [4.69, 9.17) is 32.7 Å². The average Bonchev–Trinajstić information content (AvgIpc) is 3.31. The normalized spacial score (nSPS) is 11.5. The van der Waals surface area contributed by atoms with Crippen molar-refractivity contribution in [1.29, 1.82) is 0 Å². The molecule has 0 fully saturated rings. The predicted octanol–water partition coefficient (Wildman–Crippen LogP) is 7.11. The Balaban J connectivity index is 0.00000210. The Morgan fingerprint density at radius 3 is 2.11 bits per heavy atom. The first-order chi connectivity index (χ1) is 16.5. The first kappa shape index (κ1) is 29.0. The van der Waals surface area contributed by atoms with Gasteiger partial charge in [0.05, 0.1) is 28.6 Å². The van der Waals surface area contributed by atoms with Crippen molar-refractivity contribution in [1.82, 2.24) is 8.96 Å². The molecular formula is C26H34Cl2N2O4S. The SMILES string of the molecule is CC.CCCCOc1c(Cl)cc(C(C)(C)c2ccc(OCc3cn(S(C)(=O)=O)cn3)cc2)cc1Cl. The summed E-state index contributed by atoms with van der Waals surface area (Å²) in [7, 11) is -3.36. The summed E-state index contributed by atoms with van der Waals surface area (Å²) in [4.78, 5) is 4.06. The minimum Gasteiger partial charge on any atom is -0.490 e. The second kappa shape index (κ2) is 12.7. The molecule has 1 aromatic heterocycles. The number of imidazole rings is 1. The van der Waals surface area contributed by atoms with Gasteiger partial charge in [0.25, 0.3) is 0 Å². The van der Waals surface area contributed by atoms with E-state index < -0.39 is 10.0 Å². The van der Waals surface area contributed by atoms with Crippen LogP contribution in [0.5, 0.6) is 11.5 Å². The van der Waals surface area contributed by atoms with Gasteiger partial charge in [0.15, 0.2) is 5.75 Å². The van der Waals surface area contributed by atoms with E-state index in [9.17, 15) is 8.42 Å². The summed E-state index contributed by atoms with van der Waals surface area (Å²) < 4.78 is 35.7. The largest absolute Gasteiger partial charge is 0.490 e. The third-order valence-electron chi connectivity index (χ3n) is 5.42. The maximum atomic E-state index is 11.5. The Kier molecular flexibility index (Phi) is 10.5. The molecule has 0 atom stereocenters. The smallest absolute Gasteiger partial charge is 0.236 e. The standard InChI is InChI=1S/C24H28Cl2N2O4S.C2H6/c1-5-6-11-31-23-21(25)12-18(13-22(23)26)24(2,3)17-7-9-20(10-8-17)32-15-19-14-28(16-27-19)33(4,29)30;1-2/h7-10,12-14,16H,5-6,11,15H2,1-4H3;1-2H3. The molecule has 0 saturated heterocycles. The topological polar surface area (TPSA) is 70.4 Å². The van der Waals surface area contributed by atoms with E-state index in [1.807, 2.05) is 50.2 Å². The number of hydrogen-bond donors (Lipinski definition) is 0. The van der Waals surface area contributed by atoms with E-state index in [0.717, 1.165) is 34.2 Å². The van der Waals surface area contributed by atoms with Crippen LogP contribution >= 0.6 is 23.2 Å². The average molecular weight is 542 g/mol. The maximum absolute atomic E-state index is 11.5. The highest BCUT2D eigenvalue weighted by Crippen LogP contribution is 2.40. The lowest BCUT2D eigenvalue weighted by atomic mass is 9.78. The van der Waals surface area contributed by atoms with Crippen molar-refractivity contribution in [3.8, 4) is 11.5 Å². The number of halogens is 2. The molecule has 0 aliphatic carbocycles. The number of ether oxygens (including phenoxy) is 2. The van der Waals surface area contributed by atoms with Gasteiger partial charge in [0.2, 0.25) is 10.0 Å². The summed E-state index contributed by atoms with van der Waals surface area (Å²) in [5, 5.41) is 0.991. The lowest BCUT2D eigenvalue weighted by Crippen LogP contribution is -2.19. The second-order valence-electron chi connectivity index (χ2n) is 8.37. The first-order valence-electron chi connectivity index (χ1n) is 11.6. The highest BCUT2D eigenvalue weighted by molar-refractivity contribution is 7.89. The minimum absolute atomic E-state index is 0.163. The van der Waals surface area contributed by atoms with E-state index in [1.165, 1.54) is 12.5 Å². The van der Waals surface area contributed by atoms with E-state index in [-0.39, 0.29) is 12.0 Å². The highest BCUT2D eigenvalue weighted by Gasteiger charge is 2.25. The number of unbranched alkanes of at least 4 members (excludes halogenated alkanes) is 1. The van der Waals surface area contributed by atoms with Crippen molar-refractivity contribution < 1.29 is 17.9 Å². The fraction of sp³-hybridized carbons (Fsp3) is 0.423. The fourth-order valence-electron chi connectivity index (χ4n) is 3.27. The summed E-state index contributed by atoms with van der Waals surface area (Å²) in [5.74, 6) is 1.17. The monoisotopic (exact) mass is 540 g/mol. The zero-order valence-electron chi connectivity index (χ0n) is 21.1. The molecule has 6 nitrogen and oxygen atoms in total. The Bertz CT molecular complexity index is 1180. The molecule has 0 unspecified atom stereocenters. The number of benzene rings is 2. The lowest BCUT2D eigenvalue weighted by molar-refractivity contribution is 0.301. The molecule has 0 N–H and O–H groups in total. The Morgan fingerprint density at radius 1 is 1.00 bits per heavy atom. The second-order valence-corrected chi connectivity index (χ2v) is 11.1. The quantitative estimate of drug-likeness (QED) is 0.256. The highest BCUT2D eigenvalue weighted by atomic mass is 35.5. The minimum atomic E-state index is -3.36. The zero-order chi connectivity index (χ0) is 26.2. The molecule has 3 aromatic rings. The van der Waals surface area contributed by atoms with Crippen LogP contribution in [-0.2, 0) is 22.0 Å². The molecule has 0 aliphatic heterocycles.